The number of H-pyrrole nitrogens is 2. The van der Waals surface area contributed by atoms with Gasteiger partial charge in [-0.05, 0) is 12.8 Å². The van der Waals surface area contributed by atoms with Gasteiger partial charge in [0.1, 0.15) is 11.0 Å². The summed E-state index contributed by atoms with van der Waals surface area (Å²) >= 11 is 5.28. The molecule has 2 rings (SSSR count). The van der Waals surface area contributed by atoms with Crippen LogP contribution in [0.15, 0.2) is 6.33 Å². The summed E-state index contributed by atoms with van der Waals surface area (Å²) in [4.78, 5) is 11.5. The smallest absolute Gasteiger partial charge is 0.191 e. The third kappa shape index (κ3) is 1.88. The first kappa shape index (κ1) is 10.9. The van der Waals surface area contributed by atoms with Gasteiger partial charge in [0.25, 0.3) is 0 Å². The van der Waals surface area contributed by atoms with Crippen LogP contribution in [0.25, 0.3) is 11.6 Å². The van der Waals surface area contributed by atoms with Crippen LogP contribution in [0.1, 0.15) is 31.0 Å². The van der Waals surface area contributed by atoms with Crippen molar-refractivity contribution in [2.75, 3.05) is 0 Å². The number of aromatic nitrogens is 5. The lowest BCUT2D eigenvalue weighted by Gasteiger charge is -2.10. The van der Waals surface area contributed by atoms with Crippen LogP contribution in [-0.2, 0) is 0 Å². The van der Waals surface area contributed by atoms with E-state index in [2.05, 4.69) is 39.0 Å². The molecule has 0 radical (unpaired) electrons. The molecular formula is C10H13N5S. The molecule has 0 unspecified atom stereocenters. The summed E-state index contributed by atoms with van der Waals surface area (Å²) in [6.45, 7) is 6.19. The van der Waals surface area contributed by atoms with Crippen molar-refractivity contribution in [1.29, 1.82) is 0 Å². The zero-order valence-electron chi connectivity index (χ0n) is 9.40. The number of hydrogen-bond acceptors (Lipinski definition) is 4. The van der Waals surface area contributed by atoms with Crippen molar-refractivity contribution in [2.24, 2.45) is 0 Å². The molecular weight excluding hydrogens is 222 g/mol. The second kappa shape index (κ2) is 4.13. The molecule has 84 valence electrons. The summed E-state index contributed by atoms with van der Waals surface area (Å²) in [5.74, 6) is 1.59. The zero-order chi connectivity index (χ0) is 11.7. The lowest BCUT2D eigenvalue weighted by Crippen LogP contribution is -2.02. The lowest BCUT2D eigenvalue weighted by molar-refractivity contribution is 0.823. The van der Waals surface area contributed by atoms with E-state index >= 15 is 0 Å². The maximum Gasteiger partial charge on any atom is 0.191 e. The van der Waals surface area contributed by atoms with Gasteiger partial charge in [0.15, 0.2) is 11.6 Å². The molecule has 0 bridgehead atoms. The predicted octanol–water partition coefficient (Wildman–Crippen LogP) is 2.36. The van der Waals surface area contributed by atoms with E-state index in [0.29, 0.717) is 22.2 Å². The molecule has 0 saturated heterocycles. The highest BCUT2D eigenvalue weighted by atomic mass is 32.1. The van der Waals surface area contributed by atoms with Crippen LogP contribution < -0.4 is 0 Å². The van der Waals surface area contributed by atoms with Gasteiger partial charge >= 0.3 is 0 Å². The standard InChI is InChI=1S/C10H13N5S/c1-5(2)7-6(3)13-9(14-10(7)16)8-11-4-12-15-8/h4-5H,1-3H3,(H,11,12,15)(H,13,14,16). The molecule has 0 spiro atoms. The van der Waals surface area contributed by atoms with Gasteiger partial charge in [0, 0.05) is 11.3 Å². The molecule has 0 aliphatic carbocycles. The van der Waals surface area contributed by atoms with Crippen LogP contribution in [0.3, 0.4) is 0 Å². The van der Waals surface area contributed by atoms with E-state index in [0.717, 1.165) is 11.3 Å². The van der Waals surface area contributed by atoms with E-state index in [4.69, 9.17) is 12.2 Å². The topological polar surface area (TPSA) is 70.2 Å². The average Bonchev–Trinajstić information content (AvgIpc) is 2.67. The third-order valence-corrected chi connectivity index (χ3v) is 2.68. The van der Waals surface area contributed by atoms with E-state index in [9.17, 15) is 0 Å². The SMILES string of the molecule is Cc1[nH]c(-c2ncn[nH]2)nc(=S)c1C(C)C. The molecule has 0 saturated carbocycles. The second-order valence-corrected chi connectivity index (χ2v) is 4.30. The minimum atomic E-state index is 0.361. The molecule has 6 heteroatoms. The Hall–Kier alpha value is -1.56. The van der Waals surface area contributed by atoms with Crippen LogP contribution in [0, 0.1) is 11.6 Å². The van der Waals surface area contributed by atoms with E-state index in [-0.39, 0.29) is 0 Å². The average molecular weight is 235 g/mol. The van der Waals surface area contributed by atoms with E-state index < -0.39 is 0 Å². The van der Waals surface area contributed by atoms with Crippen LogP contribution in [0.5, 0.6) is 0 Å². The largest absolute Gasteiger partial charge is 0.341 e. The minimum absolute atomic E-state index is 0.361. The summed E-state index contributed by atoms with van der Waals surface area (Å²) in [5.41, 5.74) is 2.11. The van der Waals surface area contributed by atoms with E-state index in [1.807, 2.05) is 6.92 Å². The van der Waals surface area contributed by atoms with Gasteiger partial charge in [-0.15, -0.1) is 0 Å². The second-order valence-electron chi connectivity index (χ2n) is 3.92. The van der Waals surface area contributed by atoms with Gasteiger partial charge in [-0.3, -0.25) is 5.10 Å². The van der Waals surface area contributed by atoms with Crippen LogP contribution in [-0.4, -0.2) is 25.1 Å². The fourth-order valence-corrected chi connectivity index (χ4v) is 2.19. The maximum absolute atomic E-state index is 5.28. The monoisotopic (exact) mass is 235 g/mol. The summed E-state index contributed by atoms with van der Waals surface area (Å²) in [7, 11) is 0. The van der Waals surface area contributed by atoms with Crippen molar-refractivity contribution in [3.8, 4) is 11.6 Å². The number of nitrogens with one attached hydrogen (secondary N) is 2. The Morgan fingerprint density at radius 3 is 2.56 bits per heavy atom. The van der Waals surface area contributed by atoms with Crippen LogP contribution in [0.2, 0.25) is 0 Å². The quantitative estimate of drug-likeness (QED) is 0.784. The van der Waals surface area contributed by atoms with Crippen molar-refractivity contribution >= 4 is 12.2 Å². The van der Waals surface area contributed by atoms with Crippen molar-refractivity contribution in [1.82, 2.24) is 25.1 Å². The molecule has 2 heterocycles. The maximum atomic E-state index is 5.28. The Morgan fingerprint density at radius 2 is 2.06 bits per heavy atom. The van der Waals surface area contributed by atoms with Crippen LogP contribution in [0.4, 0.5) is 0 Å². The normalized spacial score (nSPS) is 11.0. The first-order valence-corrected chi connectivity index (χ1v) is 5.47. The zero-order valence-corrected chi connectivity index (χ0v) is 10.2. The van der Waals surface area contributed by atoms with Gasteiger partial charge in [0.2, 0.25) is 0 Å². The lowest BCUT2D eigenvalue weighted by atomic mass is 10.0. The van der Waals surface area contributed by atoms with Gasteiger partial charge in [0.05, 0.1) is 0 Å². The molecule has 16 heavy (non-hydrogen) atoms. The Kier molecular flexibility index (Phi) is 2.82. The molecule has 2 N–H and O–H groups in total. The Bertz CT molecular complexity index is 541. The fraction of sp³-hybridized carbons (Fsp3) is 0.400. The number of aryl methyl sites for hydroxylation is 1. The summed E-state index contributed by atoms with van der Waals surface area (Å²) in [5, 5.41) is 6.54. The van der Waals surface area contributed by atoms with Crippen molar-refractivity contribution in [3.63, 3.8) is 0 Å². The van der Waals surface area contributed by atoms with Gasteiger partial charge in [-0.1, -0.05) is 26.1 Å². The first-order valence-electron chi connectivity index (χ1n) is 5.06. The molecule has 0 aliphatic heterocycles. The molecule has 2 aromatic rings. The third-order valence-electron chi connectivity index (χ3n) is 2.37. The number of rotatable bonds is 2. The van der Waals surface area contributed by atoms with E-state index in [1.54, 1.807) is 0 Å². The highest BCUT2D eigenvalue weighted by molar-refractivity contribution is 7.71. The Morgan fingerprint density at radius 1 is 1.31 bits per heavy atom. The Labute approximate surface area is 98.4 Å². The van der Waals surface area contributed by atoms with Crippen molar-refractivity contribution in [3.05, 3.63) is 22.2 Å². The Balaban J connectivity index is 2.58. The van der Waals surface area contributed by atoms with Crippen molar-refractivity contribution in [2.45, 2.75) is 26.7 Å². The molecule has 0 amide bonds. The molecule has 0 aliphatic rings. The summed E-state index contributed by atoms with van der Waals surface area (Å²) < 4.78 is 0.623. The van der Waals surface area contributed by atoms with Crippen molar-refractivity contribution < 1.29 is 0 Å². The number of nitrogens with zero attached hydrogens (tertiary/aromatic N) is 3. The highest BCUT2D eigenvalue weighted by Gasteiger charge is 2.11. The molecule has 0 fully saturated rings. The summed E-state index contributed by atoms with van der Waals surface area (Å²) in [6.07, 6.45) is 1.44. The van der Waals surface area contributed by atoms with E-state index in [1.165, 1.54) is 6.33 Å². The van der Waals surface area contributed by atoms with Gasteiger partial charge in [-0.2, -0.15) is 5.10 Å². The van der Waals surface area contributed by atoms with Gasteiger partial charge < -0.3 is 4.98 Å². The number of aromatic amines is 2. The summed E-state index contributed by atoms with van der Waals surface area (Å²) in [6, 6.07) is 0. The molecule has 5 nitrogen and oxygen atoms in total. The first-order chi connectivity index (χ1) is 7.59. The van der Waals surface area contributed by atoms with Crippen LogP contribution >= 0.6 is 12.2 Å². The minimum Gasteiger partial charge on any atom is -0.341 e. The molecule has 0 aromatic carbocycles. The molecule has 0 atom stereocenters. The van der Waals surface area contributed by atoms with Gasteiger partial charge in [-0.25, -0.2) is 9.97 Å². The fourth-order valence-electron chi connectivity index (χ4n) is 1.71. The molecule has 2 aromatic heterocycles. The highest BCUT2D eigenvalue weighted by Crippen LogP contribution is 2.20. The predicted molar refractivity (Wildman–Crippen MR) is 63.6 cm³/mol. The number of hydrogen-bond donors (Lipinski definition) is 2.